The van der Waals surface area contributed by atoms with Crippen molar-refractivity contribution in [3.8, 4) is 0 Å². The fourth-order valence-electron chi connectivity index (χ4n) is 6.03. The molecule has 1 unspecified atom stereocenters. The summed E-state index contributed by atoms with van der Waals surface area (Å²) in [4.78, 5) is 72.3. The number of amides is 3. The van der Waals surface area contributed by atoms with Gasteiger partial charge >= 0.3 is 6.09 Å². The second-order valence-electron chi connectivity index (χ2n) is 13.1. The zero-order chi connectivity index (χ0) is 33.3. The third-order valence-electron chi connectivity index (χ3n) is 8.50. The van der Waals surface area contributed by atoms with Crippen LogP contribution >= 0.6 is 0 Å². The van der Waals surface area contributed by atoms with Crippen LogP contribution in [0.5, 0.6) is 0 Å². The number of carbonyl (C=O) groups excluding carboxylic acids is 5. The highest BCUT2D eigenvalue weighted by Crippen LogP contribution is 2.32. The SMILES string of the molecule is CC(C)(C)OC(=O)N(CCCCC(=O)Nc1cccc2c1CN(C1CCC(=O)/C=C/CC1=O)C2=O)CCN1CCC(N=[N+]=[N-])CC1. The predicted molar refractivity (Wildman–Crippen MR) is 172 cm³/mol. The molecule has 0 bridgehead atoms. The predicted octanol–water partition coefficient (Wildman–Crippen LogP) is 5.01. The smallest absolute Gasteiger partial charge is 0.410 e. The van der Waals surface area contributed by atoms with Crippen molar-refractivity contribution in [3.63, 3.8) is 0 Å². The molecule has 3 amide bonds. The largest absolute Gasteiger partial charge is 0.444 e. The van der Waals surface area contributed by atoms with Gasteiger partial charge in [0.05, 0.1) is 6.04 Å². The lowest BCUT2D eigenvalue weighted by Gasteiger charge is -2.33. The summed E-state index contributed by atoms with van der Waals surface area (Å²) in [7, 11) is 0. The van der Waals surface area contributed by atoms with E-state index in [1.54, 1.807) is 29.2 Å². The molecule has 0 saturated carbocycles. The Bertz CT molecular complexity index is 1390. The number of hydrogen-bond donors (Lipinski definition) is 1. The van der Waals surface area contributed by atoms with E-state index in [9.17, 15) is 24.0 Å². The van der Waals surface area contributed by atoms with Gasteiger partial charge in [0, 0.05) is 73.2 Å². The van der Waals surface area contributed by atoms with E-state index < -0.39 is 17.7 Å². The van der Waals surface area contributed by atoms with E-state index in [0.717, 1.165) is 25.9 Å². The third kappa shape index (κ3) is 9.64. The maximum absolute atomic E-state index is 13.3. The van der Waals surface area contributed by atoms with Crippen LogP contribution in [-0.4, -0.2) is 94.6 Å². The quantitative estimate of drug-likeness (QED) is 0.154. The number of rotatable bonds is 11. The summed E-state index contributed by atoms with van der Waals surface area (Å²) in [6.07, 6.45) is 6.12. The van der Waals surface area contributed by atoms with Crippen molar-refractivity contribution >= 4 is 35.2 Å². The van der Waals surface area contributed by atoms with Gasteiger partial charge in [0.1, 0.15) is 5.60 Å². The summed E-state index contributed by atoms with van der Waals surface area (Å²) >= 11 is 0. The summed E-state index contributed by atoms with van der Waals surface area (Å²) in [6, 6.07) is 4.49. The average Bonchev–Trinajstić information content (AvgIpc) is 3.32. The van der Waals surface area contributed by atoms with Crippen LogP contribution < -0.4 is 5.32 Å². The average molecular weight is 636 g/mol. The number of unbranched alkanes of at least 4 members (excludes halogenated alkanes) is 1. The number of benzene rings is 1. The Morgan fingerprint density at radius 2 is 1.87 bits per heavy atom. The Labute approximate surface area is 269 Å². The van der Waals surface area contributed by atoms with Crippen molar-refractivity contribution < 1.29 is 28.7 Å². The van der Waals surface area contributed by atoms with Gasteiger partial charge in [0.2, 0.25) is 5.91 Å². The minimum Gasteiger partial charge on any atom is -0.444 e. The number of nitrogens with one attached hydrogen (secondary N) is 1. The first-order valence-corrected chi connectivity index (χ1v) is 16.1. The molecule has 3 aliphatic rings. The molecule has 4 rings (SSSR count). The van der Waals surface area contributed by atoms with Crippen LogP contribution in [0.4, 0.5) is 10.5 Å². The first kappa shape index (κ1) is 34.6. The topological polar surface area (TPSA) is 165 Å². The van der Waals surface area contributed by atoms with Crippen LogP contribution in [0.25, 0.3) is 10.4 Å². The van der Waals surface area contributed by atoms with E-state index in [1.807, 2.05) is 20.8 Å². The molecule has 1 aromatic carbocycles. The third-order valence-corrected chi connectivity index (χ3v) is 8.50. The van der Waals surface area contributed by atoms with Crippen molar-refractivity contribution in [3.05, 3.63) is 51.9 Å². The number of likely N-dealkylation sites (tertiary alicyclic amines) is 1. The van der Waals surface area contributed by atoms with E-state index in [1.165, 1.54) is 11.0 Å². The fraction of sp³-hybridized carbons (Fsp3) is 0.606. The van der Waals surface area contributed by atoms with Gasteiger partial charge in [0.15, 0.2) is 11.6 Å². The molecule has 13 heteroatoms. The number of carbonyl (C=O) groups is 5. The van der Waals surface area contributed by atoms with Crippen LogP contribution in [0.3, 0.4) is 0 Å². The number of allylic oxidation sites excluding steroid dienone is 2. The standard InChI is InChI=1S/C33H45N7O6/c1-33(2,3)46-32(45)39(21-20-38-18-15-23(16-19-38)36-37-34)17-5-4-12-30(43)35-27-10-7-9-25-26(27)22-40(31(25)44)28-14-13-24(41)8-6-11-29(28)42/h6-10,23,28H,4-5,11-22H2,1-3H3,(H,35,43)/b8-6+. The van der Waals surface area contributed by atoms with Gasteiger partial charge in [-0.05, 0) is 89.7 Å². The number of hydrogen-bond acceptors (Lipinski definition) is 8. The van der Waals surface area contributed by atoms with E-state index in [-0.39, 0.29) is 61.7 Å². The Morgan fingerprint density at radius 1 is 1.11 bits per heavy atom. The molecule has 2 heterocycles. The van der Waals surface area contributed by atoms with Crippen molar-refractivity contribution in [2.75, 3.05) is 38.0 Å². The van der Waals surface area contributed by atoms with E-state index >= 15 is 0 Å². The molecule has 0 radical (unpaired) electrons. The summed E-state index contributed by atoms with van der Waals surface area (Å²) in [5.74, 6) is -0.647. The Morgan fingerprint density at radius 3 is 2.59 bits per heavy atom. The van der Waals surface area contributed by atoms with Crippen molar-refractivity contribution in [1.29, 1.82) is 0 Å². The summed E-state index contributed by atoms with van der Waals surface area (Å²) in [5.41, 5.74) is 9.70. The zero-order valence-corrected chi connectivity index (χ0v) is 27.1. The van der Waals surface area contributed by atoms with E-state index in [2.05, 4.69) is 20.2 Å². The molecule has 0 spiro atoms. The van der Waals surface area contributed by atoms with Crippen LogP contribution in [0.15, 0.2) is 35.5 Å². The van der Waals surface area contributed by atoms with Gasteiger partial charge in [-0.25, -0.2) is 4.79 Å². The lowest BCUT2D eigenvalue weighted by Crippen LogP contribution is -2.44. The molecule has 248 valence electrons. The summed E-state index contributed by atoms with van der Waals surface area (Å²) in [5, 5.41) is 6.76. The molecule has 1 fully saturated rings. The van der Waals surface area contributed by atoms with Gasteiger partial charge in [-0.2, -0.15) is 0 Å². The number of ketones is 2. The molecular weight excluding hydrogens is 590 g/mol. The van der Waals surface area contributed by atoms with E-state index in [4.69, 9.17) is 10.3 Å². The second kappa shape index (κ2) is 15.9. The Kier molecular flexibility index (Phi) is 11.9. The van der Waals surface area contributed by atoms with Crippen LogP contribution in [0.1, 0.15) is 88.1 Å². The van der Waals surface area contributed by atoms with Crippen molar-refractivity contribution in [2.45, 2.75) is 96.4 Å². The molecule has 13 nitrogen and oxygen atoms in total. The molecular formula is C33H45N7O6. The maximum atomic E-state index is 13.3. The number of anilines is 1. The minimum absolute atomic E-state index is 0.0191. The summed E-state index contributed by atoms with van der Waals surface area (Å²) < 4.78 is 5.64. The molecule has 1 aliphatic carbocycles. The van der Waals surface area contributed by atoms with Gasteiger partial charge in [0.25, 0.3) is 5.91 Å². The lowest BCUT2D eigenvalue weighted by molar-refractivity contribution is -0.123. The number of piperidine rings is 1. The molecule has 46 heavy (non-hydrogen) atoms. The molecule has 2 aliphatic heterocycles. The highest BCUT2D eigenvalue weighted by molar-refractivity contribution is 6.04. The summed E-state index contributed by atoms with van der Waals surface area (Å²) in [6.45, 7) is 8.87. The van der Waals surface area contributed by atoms with E-state index in [0.29, 0.717) is 49.3 Å². The number of azide groups is 1. The number of fused-ring (bicyclic) bond motifs is 1. The lowest BCUT2D eigenvalue weighted by atomic mass is 9.97. The minimum atomic E-state index is -0.685. The van der Waals surface area contributed by atoms with Crippen molar-refractivity contribution in [2.24, 2.45) is 5.11 Å². The maximum Gasteiger partial charge on any atom is 0.410 e. The van der Waals surface area contributed by atoms with Crippen LogP contribution in [-0.2, 0) is 25.7 Å². The highest BCUT2D eigenvalue weighted by atomic mass is 16.6. The highest BCUT2D eigenvalue weighted by Gasteiger charge is 2.37. The van der Waals surface area contributed by atoms with Gasteiger partial charge in [-0.1, -0.05) is 17.3 Å². The first-order valence-electron chi connectivity index (χ1n) is 16.1. The molecule has 1 aromatic rings. The molecule has 1 saturated heterocycles. The number of nitrogens with zero attached hydrogens (tertiary/aromatic N) is 6. The van der Waals surface area contributed by atoms with Gasteiger partial charge < -0.3 is 24.8 Å². The zero-order valence-electron chi connectivity index (χ0n) is 27.1. The van der Waals surface area contributed by atoms with Crippen LogP contribution in [0.2, 0.25) is 0 Å². The van der Waals surface area contributed by atoms with Crippen LogP contribution in [0, 0.1) is 0 Å². The molecule has 1 atom stereocenters. The normalized spacial score (nSPS) is 19.9. The first-order chi connectivity index (χ1) is 21.9. The number of Topliss-reactive ketones (excluding diaryl/α,β-unsaturated/α-hetero) is 1. The molecule has 1 N–H and O–H groups in total. The number of ether oxygens (including phenoxy) is 1. The Hall–Kier alpha value is -4.22. The Balaban J connectivity index is 1.29. The molecule has 0 aromatic heterocycles. The van der Waals surface area contributed by atoms with Crippen molar-refractivity contribution in [1.82, 2.24) is 14.7 Å². The second-order valence-corrected chi connectivity index (χ2v) is 13.1. The van der Waals surface area contributed by atoms with Gasteiger partial charge in [-0.15, -0.1) is 0 Å². The monoisotopic (exact) mass is 635 g/mol. The van der Waals surface area contributed by atoms with Gasteiger partial charge in [-0.3, -0.25) is 19.2 Å². The fourth-order valence-corrected chi connectivity index (χ4v) is 6.03.